The fourth-order valence-corrected chi connectivity index (χ4v) is 7.67. The lowest BCUT2D eigenvalue weighted by atomic mass is 9.50. The second kappa shape index (κ2) is 7.23. The van der Waals surface area contributed by atoms with E-state index in [0.29, 0.717) is 10.8 Å². The first-order valence-electron chi connectivity index (χ1n) is 11.9. The lowest BCUT2D eigenvalue weighted by Gasteiger charge is -2.54. The van der Waals surface area contributed by atoms with E-state index >= 15 is 0 Å². The Hall–Kier alpha value is -0.780. The molecular formula is C27H42. The summed E-state index contributed by atoms with van der Waals surface area (Å²) in [4.78, 5) is 0. The van der Waals surface area contributed by atoms with Crippen molar-refractivity contribution in [1.82, 2.24) is 0 Å². The Morgan fingerprint density at radius 2 is 1.93 bits per heavy atom. The molecule has 0 aromatic carbocycles. The summed E-state index contributed by atoms with van der Waals surface area (Å²) in [6.45, 7) is 12.3. The van der Waals surface area contributed by atoms with Crippen LogP contribution in [0.2, 0.25) is 0 Å². The molecule has 0 saturated heterocycles. The molecular weight excluding hydrogens is 324 g/mol. The fraction of sp³-hybridized carbons (Fsp3) is 0.778. The Balaban J connectivity index is 1.56. The first-order valence-corrected chi connectivity index (χ1v) is 11.9. The van der Waals surface area contributed by atoms with Crippen molar-refractivity contribution in [3.8, 4) is 0 Å². The molecule has 150 valence electrons. The molecule has 0 spiro atoms. The van der Waals surface area contributed by atoms with Crippen LogP contribution in [0, 0.1) is 34.5 Å². The van der Waals surface area contributed by atoms with Crippen LogP contribution in [0.5, 0.6) is 0 Å². The van der Waals surface area contributed by atoms with Gasteiger partial charge in [0.2, 0.25) is 0 Å². The molecule has 0 aliphatic heterocycles. The lowest BCUT2D eigenvalue weighted by Crippen LogP contribution is -2.44. The summed E-state index contributed by atoms with van der Waals surface area (Å²) in [5.74, 6) is 3.31. The number of fused-ring (bicyclic) bond motifs is 4. The van der Waals surface area contributed by atoms with Gasteiger partial charge < -0.3 is 0 Å². The smallest absolute Gasteiger partial charge is 0.00394 e. The van der Waals surface area contributed by atoms with Gasteiger partial charge in [-0.25, -0.2) is 0 Å². The molecule has 4 aliphatic rings. The highest BCUT2D eigenvalue weighted by atomic mass is 14.6. The first-order chi connectivity index (χ1) is 12.9. The zero-order valence-corrected chi connectivity index (χ0v) is 18.6. The molecule has 0 bridgehead atoms. The normalized spacial score (nSPS) is 41.6. The topological polar surface area (TPSA) is 0 Å². The minimum atomic E-state index is 0.487. The van der Waals surface area contributed by atoms with Crippen LogP contribution in [0.4, 0.5) is 0 Å². The van der Waals surface area contributed by atoms with E-state index in [-0.39, 0.29) is 0 Å². The number of hydrogen-bond donors (Lipinski definition) is 0. The SMILES string of the molecule is CC(C)=CCC[C@@H](C)[C@H]1C=C[C@@H]2C3=C(CC[C@@]21C)[C@@]1(C)CCCCC1CC3. The van der Waals surface area contributed by atoms with Crippen molar-refractivity contribution in [2.75, 3.05) is 0 Å². The zero-order chi connectivity index (χ0) is 19.2. The molecule has 27 heavy (non-hydrogen) atoms. The molecule has 0 aromatic heterocycles. The molecule has 0 amide bonds. The van der Waals surface area contributed by atoms with Crippen LogP contribution < -0.4 is 0 Å². The number of allylic oxidation sites excluding steroid dienone is 6. The van der Waals surface area contributed by atoms with Gasteiger partial charge in [-0.05, 0) is 93.8 Å². The summed E-state index contributed by atoms with van der Waals surface area (Å²) in [7, 11) is 0. The second-order valence-corrected chi connectivity index (χ2v) is 11.1. The van der Waals surface area contributed by atoms with E-state index in [9.17, 15) is 0 Å². The van der Waals surface area contributed by atoms with E-state index in [2.05, 4.69) is 52.8 Å². The standard InChI is InChI=1S/C27H42/c1-19(2)9-8-10-20(3)23-14-15-24-22-13-12-21-11-6-7-17-26(21,4)25(22)16-18-27(23,24)5/h9,14-15,20-21,23-24H,6-8,10-13,16-18H2,1-5H3/t20-,21?,23-,24-,26+,27-/m1/s1. The largest absolute Gasteiger partial charge is 0.0859 e. The average Bonchev–Trinajstić information content (AvgIpc) is 2.98. The zero-order valence-electron chi connectivity index (χ0n) is 18.6. The van der Waals surface area contributed by atoms with Crippen molar-refractivity contribution in [2.24, 2.45) is 34.5 Å². The van der Waals surface area contributed by atoms with Crippen LogP contribution in [0.3, 0.4) is 0 Å². The van der Waals surface area contributed by atoms with Gasteiger partial charge in [0.25, 0.3) is 0 Å². The summed E-state index contributed by atoms with van der Waals surface area (Å²) in [6.07, 6.45) is 21.9. The lowest BCUT2D eigenvalue weighted by molar-refractivity contribution is 0.0755. The summed E-state index contributed by atoms with van der Waals surface area (Å²) in [5.41, 5.74) is 6.34. The Morgan fingerprint density at radius 1 is 1.11 bits per heavy atom. The monoisotopic (exact) mass is 366 g/mol. The predicted octanol–water partition coefficient (Wildman–Crippen LogP) is 8.26. The van der Waals surface area contributed by atoms with E-state index in [0.717, 1.165) is 23.7 Å². The summed E-state index contributed by atoms with van der Waals surface area (Å²) in [6, 6.07) is 0. The molecule has 0 nitrogen and oxygen atoms in total. The minimum absolute atomic E-state index is 0.487. The van der Waals surface area contributed by atoms with Crippen molar-refractivity contribution in [1.29, 1.82) is 0 Å². The van der Waals surface area contributed by atoms with E-state index in [1.807, 2.05) is 11.1 Å². The molecule has 0 aromatic rings. The van der Waals surface area contributed by atoms with Crippen LogP contribution in [0.15, 0.2) is 34.9 Å². The highest BCUT2D eigenvalue weighted by Crippen LogP contribution is 2.64. The Bertz CT molecular complexity index is 658. The number of hydrogen-bond acceptors (Lipinski definition) is 0. The van der Waals surface area contributed by atoms with E-state index in [1.165, 1.54) is 69.8 Å². The van der Waals surface area contributed by atoms with E-state index in [4.69, 9.17) is 0 Å². The van der Waals surface area contributed by atoms with Gasteiger partial charge in [-0.1, -0.05) is 68.6 Å². The predicted molar refractivity (Wildman–Crippen MR) is 118 cm³/mol. The highest BCUT2D eigenvalue weighted by Gasteiger charge is 2.53. The van der Waals surface area contributed by atoms with Gasteiger partial charge in [-0.3, -0.25) is 0 Å². The van der Waals surface area contributed by atoms with Crippen LogP contribution in [-0.2, 0) is 0 Å². The van der Waals surface area contributed by atoms with E-state index < -0.39 is 0 Å². The molecule has 4 rings (SSSR count). The van der Waals surface area contributed by atoms with Crippen molar-refractivity contribution in [3.05, 3.63) is 34.9 Å². The molecule has 1 fully saturated rings. The van der Waals surface area contributed by atoms with Crippen molar-refractivity contribution >= 4 is 0 Å². The average molecular weight is 367 g/mol. The molecule has 0 heterocycles. The maximum Gasteiger partial charge on any atom is 0.00394 e. The van der Waals surface area contributed by atoms with Crippen LogP contribution in [0.1, 0.15) is 98.8 Å². The fourth-order valence-electron chi connectivity index (χ4n) is 7.67. The third-order valence-corrected chi connectivity index (χ3v) is 9.30. The van der Waals surface area contributed by atoms with Crippen LogP contribution in [-0.4, -0.2) is 0 Å². The van der Waals surface area contributed by atoms with Gasteiger partial charge in [0.1, 0.15) is 0 Å². The molecule has 0 radical (unpaired) electrons. The third-order valence-electron chi connectivity index (χ3n) is 9.30. The molecule has 1 saturated carbocycles. The maximum atomic E-state index is 2.66. The van der Waals surface area contributed by atoms with Gasteiger partial charge >= 0.3 is 0 Å². The first kappa shape index (κ1) is 19.5. The Morgan fingerprint density at radius 3 is 2.70 bits per heavy atom. The molecule has 0 heteroatoms. The number of rotatable bonds is 4. The molecule has 4 aliphatic carbocycles. The summed E-state index contributed by atoms with van der Waals surface area (Å²) < 4.78 is 0. The maximum absolute atomic E-state index is 2.66. The van der Waals surface area contributed by atoms with Gasteiger partial charge in [-0.2, -0.15) is 0 Å². The minimum Gasteiger partial charge on any atom is -0.0859 e. The van der Waals surface area contributed by atoms with Gasteiger partial charge in [-0.15, -0.1) is 0 Å². The molecule has 0 N–H and O–H groups in total. The van der Waals surface area contributed by atoms with Crippen molar-refractivity contribution in [2.45, 2.75) is 98.8 Å². The van der Waals surface area contributed by atoms with Gasteiger partial charge in [0.05, 0.1) is 0 Å². The Kier molecular flexibility index (Phi) is 5.23. The molecule has 6 atom stereocenters. The van der Waals surface area contributed by atoms with Crippen LogP contribution >= 0.6 is 0 Å². The van der Waals surface area contributed by atoms with Crippen molar-refractivity contribution in [3.63, 3.8) is 0 Å². The summed E-state index contributed by atoms with van der Waals surface area (Å²) >= 11 is 0. The quantitative estimate of drug-likeness (QED) is 0.439. The van der Waals surface area contributed by atoms with Gasteiger partial charge in [0, 0.05) is 5.92 Å². The van der Waals surface area contributed by atoms with Gasteiger partial charge in [0.15, 0.2) is 0 Å². The Labute approximate surface area is 168 Å². The second-order valence-electron chi connectivity index (χ2n) is 11.1. The highest BCUT2D eigenvalue weighted by molar-refractivity contribution is 5.38. The van der Waals surface area contributed by atoms with Crippen LogP contribution in [0.25, 0.3) is 0 Å². The van der Waals surface area contributed by atoms with E-state index in [1.54, 1.807) is 0 Å². The third kappa shape index (κ3) is 3.20. The summed E-state index contributed by atoms with van der Waals surface area (Å²) in [5, 5.41) is 0. The van der Waals surface area contributed by atoms with Crippen molar-refractivity contribution < 1.29 is 0 Å². The molecule has 1 unspecified atom stereocenters.